The van der Waals surface area contributed by atoms with Gasteiger partial charge in [-0.3, -0.25) is 14.4 Å². The Hall–Kier alpha value is -2.71. The first-order valence-electron chi connectivity index (χ1n) is 8.04. The molecule has 1 amide bonds. The molecule has 1 aromatic carbocycles. The van der Waals surface area contributed by atoms with Crippen LogP contribution >= 0.6 is 22.9 Å². The Morgan fingerprint density at radius 3 is 2.78 bits per heavy atom. The van der Waals surface area contributed by atoms with E-state index >= 15 is 0 Å². The standard InChI is InChI=1S/C18H16ClN3O4S/c1-9-10(2)27-18-15(9)17(25)21-13(22-18)8-26-14(23)7-20-16(24)11-5-3-4-6-12(11)19/h3-6H,7-8H2,1-2H3,(H,20,24)(H,21,22,25). The number of esters is 1. The minimum Gasteiger partial charge on any atom is -0.456 e. The van der Waals surface area contributed by atoms with Crippen molar-refractivity contribution in [2.24, 2.45) is 0 Å². The number of amides is 1. The van der Waals surface area contributed by atoms with Gasteiger partial charge in [-0.2, -0.15) is 0 Å². The van der Waals surface area contributed by atoms with Crippen molar-refractivity contribution in [3.05, 3.63) is 61.5 Å². The van der Waals surface area contributed by atoms with Crippen molar-refractivity contribution in [2.75, 3.05) is 6.54 Å². The average Bonchev–Trinajstić information content (AvgIpc) is 2.92. The lowest BCUT2D eigenvalue weighted by atomic mass is 10.2. The summed E-state index contributed by atoms with van der Waals surface area (Å²) in [6.45, 7) is 3.27. The quantitative estimate of drug-likeness (QED) is 0.635. The molecular weight excluding hydrogens is 390 g/mol. The maximum atomic E-state index is 12.2. The third kappa shape index (κ3) is 4.17. The van der Waals surface area contributed by atoms with Gasteiger partial charge in [0.15, 0.2) is 0 Å². The van der Waals surface area contributed by atoms with Crippen LogP contribution in [-0.4, -0.2) is 28.4 Å². The van der Waals surface area contributed by atoms with Gasteiger partial charge in [-0.15, -0.1) is 11.3 Å². The number of hydrogen-bond acceptors (Lipinski definition) is 6. The minimum atomic E-state index is -0.656. The number of thiophene rings is 1. The fourth-order valence-corrected chi connectivity index (χ4v) is 3.73. The van der Waals surface area contributed by atoms with Crippen LogP contribution in [0.4, 0.5) is 0 Å². The van der Waals surface area contributed by atoms with Gasteiger partial charge in [-0.1, -0.05) is 23.7 Å². The zero-order valence-corrected chi connectivity index (χ0v) is 16.2. The molecule has 0 aliphatic heterocycles. The summed E-state index contributed by atoms with van der Waals surface area (Å²) >= 11 is 7.35. The van der Waals surface area contributed by atoms with Crippen LogP contribution in [0.2, 0.25) is 5.02 Å². The molecule has 3 rings (SSSR count). The predicted octanol–water partition coefficient (Wildman–Crippen LogP) is 2.73. The van der Waals surface area contributed by atoms with E-state index in [0.717, 1.165) is 10.4 Å². The monoisotopic (exact) mass is 405 g/mol. The molecule has 0 atom stereocenters. The maximum absolute atomic E-state index is 12.2. The molecule has 0 saturated carbocycles. The van der Waals surface area contributed by atoms with Crippen LogP contribution in [0.5, 0.6) is 0 Å². The normalized spacial score (nSPS) is 10.8. The number of ether oxygens (including phenoxy) is 1. The summed E-state index contributed by atoms with van der Waals surface area (Å²) in [6.07, 6.45) is 0. The summed E-state index contributed by atoms with van der Waals surface area (Å²) in [5.41, 5.74) is 0.904. The third-order valence-corrected chi connectivity index (χ3v) is 5.40. The average molecular weight is 406 g/mol. The Balaban J connectivity index is 1.59. The number of nitrogens with one attached hydrogen (secondary N) is 2. The first kappa shape index (κ1) is 19.1. The van der Waals surface area contributed by atoms with Gasteiger partial charge in [0.2, 0.25) is 0 Å². The third-order valence-electron chi connectivity index (χ3n) is 3.97. The number of halogens is 1. The number of fused-ring (bicyclic) bond motifs is 1. The molecule has 0 aliphatic carbocycles. The highest BCUT2D eigenvalue weighted by Crippen LogP contribution is 2.25. The number of aromatic amines is 1. The molecule has 140 valence electrons. The molecule has 9 heteroatoms. The van der Waals surface area contributed by atoms with E-state index in [1.165, 1.54) is 11.3 Å². The molecule has 0 spiro atoms. The number of hydrogen-bond donors (Lipinski definition) is 2. The molecule has 7 nitrogen and oxygen atoms in total. The summed E-state index contributed by atoms with van der Waals surface area (Å²) in [4.78, 5) is 44.6. The van der Waals surface area contributed by atoms with Crippen molar-refractivity contribution < 1.29 is 14.3 Å². The van der Waals surface area contributed by atoms with Crippen molar-refractivity contribution in [3.8, 4) is 0 Å². The summed E-state index contributed by atoms with van der Waals surface area (Å²) in [6, 6.07) is 6.51. The lowest BCUT2D eigenvalue weighted by molar-refractivity contribution is -0.143. The molecule has 27 heavy (non-hydrogen) atoms. The van der Waals surface area contributed by atoms with Gasteiger partial charge in [0.1, 0.15) is 23.8 Å². The molecule has 0 radical (unpaired) electrons. The van der Waals surface area contributed by atoms with E-state index in [1.807, 2.05) is 13.8 Å². The van der Waals surface area contributed by atoms with Crippen molar-refractivity contribution in [1.29, 1.82) is 0 Å². The zero-order chi connectivity index (χ0) is 19.6. The number of carbonyl (C=O) groups excluding carboxylic acids is 2. The highest BCUT2D eigenvalue weighted by atomic mass is 35.5. The van der Waals surface area contributed by atoms with Crippen LogP contribution < -0.4 is 10.9 Å². The van der Waals surface area contributed by atoms with Crippen LogP contribution in [0.15, 0.2) is 29.1 Å². The second-order valence-electron chi connectivity index (χ2n) is 5.80. The van der Waals surface area contributed by atoms with Crippen LogP contribution in [0.25, 0.3) is 10.2 Å². The Morgan fingerprint density at radius 2 is 2.04 bits per heavy atom. The van der Waals surface area contributed by atoms with E-state index in [2.05, 4.69) is 15.3 Å². The number of aromatic nitrogens is 2. The van der Waals surface area contributed by atoms with Crippen molar-refractivity contribution in [1.82, 2.24) is 15.3 Å². The van der Waals surface area contributed by atoms with Crippen LogP contribution in [-0.2, 0) is 16.1 Å². The smallest absolute Gasteiger partial charge is 0.325 e. The molecule has 0 unspecified atom stereocenters. The number of carbonyl (C=O) groups is 2. The first-order valence-corrected chi connectivity index (χ1v) is 9.23. The molecule has 3 aromatic rings. The predicted molar refractivity (Wildman–Crippen MR) is 103 cm³/mol. The van der Waals surface area contributed by atoms with E-state index < -0.39 is 11.9 Å². The van der Waals surface area contributed by atoms with Crippen LogP contribution in [0.3, 0.4) is 0 Å². The van der Waals surface area contributed by atoms with Gasteiger partial charge in [0, 0.05) is 4.88 Å². The van der Waals surface area contributed by atoms with E-state index in [0.29, 0.717) is 15.2 Å². The highest BCUT2D eigenvalue weighted by molar-refractivity contribution is 7.18. The van der Waals surface area contributed by atoms with Gasteiger partial charge in [-0.05, 0) is 31.5 Å². The van der Waals surface area contributed by atoms with Gasteiger partial charge in [0.25, 0.3) is 11.5 Å². The van der Waals surface area contributed by atoms with Gasteiger partial charge in [0.05, 0.1) is 16.0 Å². The fourth-order valence-electron chi connectivity index (χ4n) is 2.46. The summed E-state index contributed by atoms with van der Waals surface area (Å²) in [5.74, 6) is -0.883. The van der Waals surface area contributed by atoms with E-state index in [9.17, 15) is 14.4 Å². The first-order chi connectivity index (χ1) is 12.9. The summed E-state index contributed by atoms with van der Waals surface area (Å²) in [7, 11) is 0. The van der Waals surface area contributed by atoms with Crippen LogP contribution in [0.1, 0.15) is 26.6 Å². The Morgan fingerprint density at radius 1 is 1.30 bits per heavy atom. The number of nitrogens with zero attached hydrogens (tertiary/aromatic N) is 1. The molecule has 2 heterocycles. The summed E-state index contributed by atoms with van der Waals surface area (Å²) in [5, 5.41) is 3.29. The topological polar surface area (TPSA) is 101 Å². The molecule has 0 fully saturated rings. The molecule has 2 N–H and O–H groups in total. The Bertz CT molecular complexity index is 1090. The molecule has 2 aromatic heterocycles. The lowest BCUT2D eigenvalue weighted by Crippen LogP contribution is -2.31. The number of rotatable bonds is 5. The zero-order valence-electron chi connectivity index (χ0n) is 14.6. The molecule has 0 aliphatic rings. The summed E-state index contributed by atoms with van der Waals surface area (Å²) < 4.78 is 5.07. The van der Waals surface area contributed by atoms with Gasteiger partial charge in [-0.25, -0.2) is 4.98 Å². The fraction of sp³-hybridized carbons (Fsp3) is 0.222. The number of aryl methyl sites for hydroxylation is 2. The molecule has 0 saturated heterocycles. The van der Waals surface area contributed by atoms with E-state index in [4.69, 9.17) is 16.3 Å². The number of benzene rings is 1. The second-order valence-corrected chi connectivity index (χ2v) is 7.41. The van der Waals surface area contributed by atoms with Crippen molar-refractivity contribution >= 4 is 45.0 Å². The van der Waals surface area contributed by atoms with E-state index in [1.54, 1.807) is 24.3 Å². The second kappa shape index (κ2) is 7.89. The van der Waals surface area contributed by atoms with Crippen molar-refractivity contribution in [2.45, 2.75) is 20.5 Å². The van der Waals surface area contributed by atoms with E-state index in [-0.39, 0.29) is 30.1 Å². The van der Waals surface area contributed by atoms with Crippen LogP contribution in [0, 0.1) is 13.8 Å². The van der Waals surface area contributed by atoms with Gasteiger partial charge >= 0.3 is 5.97 Å². The molecule has 0 bridgehead atoms. The molecular formula is C18H16ClN3O4S. The largest absolute Gasteiger partial charge is 0.456 e. The Labute approximate surface area is 163 Å². The van der Waals surface area contributed by atoms with Crippen molar-refractivity contribution in [3.63, 3.8) is 0 Å². The maximum Gasteiger partial charge on any atom is 0.325 e. The number of H-pyrrole nitrogens is 1. The Kier molecular flexibility index (Phi) is 5.57. The SMILES string of the molecule is Cc1sc2nc(COC(=O)CNC(=O)c3ccccc3Cl)[nH]c(=O)c2c1C. The lowest BCUT2D eigenvalue weighted by Gasteiger charge is -2.07. The minimum absolute atomic E-state index is 0.192. The van der Waals surface area contributed by atoms with Gasteiger partial charge < -0.3 is 15.0 Å². The highest BCUT2D eigenvalue weighted by Gasteiger charge is 2.14.